The molecule has 3 aromatic rings. The molecule has 10 heteroatoms. The second-order valence-corrected chi connectivity index (χ2v) is 16.6. The lowest BCUT2D eigenvalue weighted by Gasteiger charge is -2.28. The van der Waals surface area contributed by atoms with Crippen molar-refractivity contribution in [3.8, 4) is 12.8 Å². The molecule has 0 bridgehead atoms. The first-order valence-corrected chi connectivity index (χ1v) is 19.4. The Morgan fingerprint density at radius 2 is 1.55 bits per heavy atom. The zero-order valence-electron chi connectivity index (χ0n) is 31.7. The Hall–Kier alpha value is -3.46. The molecule has 0 aromatic heterocycles. The van der Waals surface area contributed by atoms with Gasteiger partial charge in [0, 0.05) is 40.1 Å². The molecule has 0 saturated carbocycles. The average Bonchev–Trinajstić information content (AvgIpc) is 3.46. The number of fused-ring (bicyclic) bond motifs is 1. The summed E-state index contributed by atoms with van der Waals surface area (Å²) < 4.78 is 2.38. The maximum atomic E-state index is 13.4. The quantitative estimate of drug-likeness (QED) is 0.0763. The van der Waals surface area contributed by atoms with Crippen molar-refractivity contribution in [2.24, 2.45) is 17.6 Å². The summed E-state index contributed by atoms with van der Waals surface area (Å²) in [5.74, 6) is 0.910. The van der Waals surface area contributed by atoms with Gasteiger partial charge in [-0.3, -0.25) is 14.9 Å². The van der Waals surface area contributed by atoms with E-state index in [1.807, 2.05) is 62.4 Å². The van der Waals surface area contributed by atoms with E-state index in [-0.39, 0.29) is 35.4 Å². The van der Waals surface area contributed by atoms with Crippen LogP contribution in [0.5, 0.6) is 0 Å². The van der Waals surface area contributed by atoms with Crippen molar-refractivity contribution in [3.63, 3.8) is 0 Å². The number of nitrogens with zero attached hydrogens (tertiary/aromatic N) is 1. The van der Waals surface area contributed by atoms with Gasteiger partial charge in [0.25, 0.3) is 0 Å². The van der Waals surface area contributed by atoms with Gasteiger partial charge in [-0.05, 0) is 86.7 Å². The van der Waals surface area contributed by atoms with Gasteiger partial charge >= 0.3 is 0 Å². The highest BCUT2D eigenvalue weighted by Gasteiger charge is 2.24. The second kappa shape index (κ2) is 22.5. The molecule has 0 radical (unpaired) electrons. The van der Waals surface area contributed by atoms with Crippen LogP contribution in [-0.2, 0) is 21.5 Å². The van der Waals surface area contributed by atoms with E-state index < -0.39 is 6.04 Å². The number of nitrogens with one attached hydrogen (secondary N) is 4. The number of rotatable bonds is 16. The van der Waals surface area contributed by atoms with Crippen LogP contribution in [0, 0.1) is 24.7 Å². The van der Waals surface area contributed by atoms with Crippen molar-refractivity contribution >= 4 is 41.2 Å². The number of carbonyl (C=O) groups is 2. The van der Waals surface area contributed by atoms with Crippen LogP contribution in [-0.4, -0.2) is 53.3 Å². The molecule has 3 aromatic carbocycles. The molecule has 6 N–H and O–H groups in total. The fraction of sp³-hybridized carbons (Fsp3) is 0.463. The lowest BCUT2D eigenvalue weighted by Crippen LogP contribution is -2.52. The summed E-state index contributed by atoms with van der Waals surface area (Å²) in [7, 11) is 0. The number of thioether (sulfide) groups is 1. The molecule has 8 nitrogen and oxygen atoms in total. The Balaban J connectivity index is 0.00000140. The molecule has 2 amide bonds. The van der Waals surface area contributed by atoms with E-state index in [9.17, 15) is 9.59 Å². The van der Waals surface area contributed by atoms with E-state index in [0.29, 0.717) is 12.3 Å². The SMILES string of the molecule is C#C.CC(C)C.CC(C)CN(CC[C@H](Cc1ccccc1)NC(=O)C(C)NC(=O)CNC(C)(C)c1ccccc1)Sc1ccc2c(c1)SC(N)N2. The largest absolute Gasteiger partial charge is 0.360 e. The van der Waals surface area contributed by atoms with E-state index in [4.69, 9.17) is 5.73 Å². The normalized spacial score (nSPS) is 14.7. The van der Waals surface area contributed by atoms with Crippen LogP contribution in [0.4, 0.5) is 5.69 Å². The average molecular weight is 733 g/mol. The molecule has 3 atom stereocenters. The number of terminal acetylenes is 1. The fourth-order valence-corrected chi connectivity index (χ4v) is 7.34. The molecule has 51 heavy (non-hydrogen) atoms. The molecule has 1 heterocycles. The van der Waals surface area contributed by atoms with Gasteiger partial charge in [0.05, 0.1) is 6.54 Å². The van der Waals surface area contributed by atoms with Crippen LogP contribution >= 0.6 is 23.7 Å². The molecular formula is C41H60N6O2S2. The first-order valence-electron chi connectivity index (χ1n) is 17.7. The van der Waals surface area contributed by atoms with Crippen molar-refractivity contribution < 1.29 is 9.59 Å². The first kappa shape index (κ1) is 43.7. The van der Waals surface area contributed by atoms with Gasteiger partial charge in [-0.1, -0.05) is 107 Å². The number of benzene rings is 3. The van der Waals surface area contributed by atoms with Gasteiger partial charge in [-0.2, -0.15) is 0 Å². The smallest absolute Gasteiger partial charge is 0.242 e. The summed E-state index contributed by atoms with van der Waals surface area (Å²) in [6.45, 7) is 18.6. The summed E-state index contributed by atoms with van der Waals surface area (Å²) >= 11 is 3.38. The minimum absolute atomic E-state index is 0.0950. The van der Waals surface area contributed by atoms with Crippen LogP contribution < -0.4 is 27.0 Å². The molecule has 0 aliphatic carbocycles. The van der Waals surface area contributed by atoms with Gasteiger partial charge < -0.3 is 21.7 Å². The van der Waals surface area contributed by atoms with Gasteiger partial charge in [-0.25, -0.2) is 4.31 Å². The number of carbonyl (C=O) groups excluding carboxylic acids is 2. The van der Waals surface area contributed by atoms with Crippen molar-refractivity contribution in [2.75, 3.05) is 25.0 Å². The number of hydrogen-bond donors (Lipinski definition) is 5. The summed E-state index contributed by atoms with van der Waals surface area (Å²) in [5.41, 5.74) is 8.90. The third-order valence-electron chi connectivity index (χ3n) is 7.66. The molecular weight excluding hydrogens is 673 g/mol. The molecule has 1 aliphatic rings. The van der Waals surface area contributed by atoms with Crippen LogP contribution in [0.3, 0.4) is 0 Å². The van der Waals surface area contributed by atoms with Crippen molar-refractivity contribution in [1.29, 1.82) is 0 Å². The Kier molecular flexibility index (Phi) is 19.3. The van der Waals surface area contributed by atoms with Crippen molar-refractivity contribution in [2.45, 2.75) is 101 Å². The lowest BCUT2D eigenvalue weighted by molar-refractivity contribution is -0.128. The van der Waals surface area contributed by atoms with E-state index in [0.717, 1.165) is 42.2 Å². The fourth-order valence-electron chi connectivity index (χ4n) is 5.19. The molecule has 278 valence electrons. The van der Waals surface area contributed by atoms with Crippen LogP contribution in [0.2, 0.25) is 0 Å². The molecule has 0 saturated heterocycles. The third-order valence-corrected chi connectivity index (χ3v) is 9.68. The maximum Gasteiger partial charge on any atom is 0.242 e. The summed E-state index contributed by atoms with van der Waals surface area (Å²) in [5, 5.41) is 12.7. The number of hydrogen-bond acceptors (Lipinski definition) is 8. The summed E-state index contributed by atoms with van der Waals surface area (Å²) in [6.07, 6.45) is 9.47. The van der Waals surface area contributed by atoms with Crippen LogP contribution in [0.1, 0.15) is 72.9 Å². The predicted octanol–water partition coefficient (Wildman–Crippen LogP) is 7.47. The topological polar surface area (TPSA) is 112 Å². The lowest BCUT2D eigenvalue weighted by atomic mass is 9.94. The van der Waals surface area contributed by atoms with E-state index in [2.05, 4.69) is 103 Å². The highest BCUT2D eigenvalue weighted by molar-refractivity contribution is 8.00. The molecule has 0 spiro atoms. The minimum Gasteiger partial charge on any atom is -0.360 e. The van der Waals surface area contributed by atoms with Crippen LogP contribution in [0.15, 0.2) is 88.7 Å². The Morgan fingerprint density at radius 3 is 2.16 bits per heavy atom. The molecule has 0 fully saturated rings. The molecule has 2 unspecified atom stereocenters. The Labute approximate surface area is 316 Å². The van der Waals surface area contributed by atoms with Gasteiger partial charge in [0.1, 0.15) is 11.5 Å². The Morgan fingerprint density at radius 1 is 0.941 bits per heavy atom. The van der Waals surface area contributed by atoms with E-state index >= 15 is 0 Å². The summed E-state index contributed by atoms with van der Waals surface area (Å²) in [6, 6.07) is 25.9. The molecule has 1 aliphatic heterocycles. The predicted molar refractivity (Wildman–Crippen MR) is 218 cm³/mol. The standard InChI is InChI=1S/C35H48N6O2S2.C4H10.C2H2/c1-24(2)23-41(45-29-16-17-30-31(21-29)44-34(36)40-30)19-18-28(20-26-12-8-6-9-13-26)39-33(43)25(3)38-32(42)22-37-35(4,5)27-14-10-7-11-15-27;1-4(2)3;1-2/h6-17,21,24-25,28,34,37,40H,18-20,22-23,36H2,1-5H3,(H,38,42)(H,39,43);4H,1-3H3;1-2H/t25?,28-,34?;;/m1../s1. The number of anilines is 1. The van der Waals surface area contributed by atoms with Gasteiger partial charge in [-0.15, -0.1) is 12.8 Å². The zero-order chi connectivity index (χ0) is 38.0. The highest BCUT2D eigenvalue weighted by Crippen LogP contribution is 2.39. The number of amides is 2. The maximum absolute atomic E-state index is 13.4. The van der Waals surface area contributed by atoms with Crippen molar-refractivity contribution in [3.05, 3.63) is 90.0 Å². The minimum atomic E-state index is -0.664. The van der Waals surface area contributed by atoms with Gasteiger partial charge in [0.15, 0.2) is 0 Å². The first-order chi connectivity index (χ1) is 24.2. The highest BCUT2D eigenvalue weighted by atomic mass is 32.2. The van der Waals surface area contributed by atoms with Crippen LogP contribution in [0.25, 0.3) is 0 Å². The second-order valence-electron chi connectivity index (χ2n) is 14.3. The van der Waals surface area contributed by atoms with Crippen molar-refractivity contribution in [1.82, 2.24) is 20.3 Å². The Bertz CT molecular complexity index is 1480. The van der Waals surface area contributed by atoms with E-state index in [1.54, 1.807) is 30.6 Å². The van der Waals surface area contributed by atoms with Gasteiger partial charge in [0.2, 0.25) is 11.8 Å². The third kappa shape index (κ3) is 16.6. The number of nitrogens with two attached hydrogens (primary N) is 1. The zero-order valence-corrected chi connectivity index (χ0v) is 33.4. The van der Waals surface area contributed by atoms with E-state index in [1.165, 1.54) is 9.79 Å². The monoisotopic (exact) mass is 732 g/mol. The molecule has 4 rings (SSSR count). The summed E-state index contributed by atoms with van der Waals surface area (Å²) in [4.78, 5) is 28.5.